The first-order valence-corrected chi connectivity index (χ1v) is 7.88. The molecule has 0 aliphatic carbocycles. The maximum absolute atomic E-state index is 13.2. The standard InChI is InChI=1S/C14H11ClFNO4S/c1-8-6-10(3-5-13(8)16)22(20,21)17-9-2-4-11(14(18)19)12(15)7-9/h2-7,17H,1H3,(H,18,19). The first-order chi connectivity index (χ1) is 10.2. The van der Waals surface area contributed by atoms with E-state index in [0.717, 1.165) is 12.1 Å². The van der Waals surface area contributed by atoms with E-state index in [1.54, 1.807) is 0 Å². The van der Waals surface area contributed by atoms with Crippen LogP contribution in [-0.2, 0) is 10.0 Å². The summed E-state index contributed by atoms with van der Waals surface area (Å²) in [4.78, 5) is 10.7. The highest BCUT2D eigenvalue weighted by molar-refractivity contribution is 7.92. The van der Waals surface area contributed by atoms with Gasteiger partial charge in [-0.2, -0.15) is 0 Å². The Bertz CT molecular complexity index is 852. The fourth-order valence-corrected chi connectivity index (χ4v) is 3.15. The van der Waals surface area contributed by atoms with Crippen molar-refractivity contribution in [3.8, 4) is 0 Å². The van der Waals surface area contributed by atoms with Crippen molar-refractivity contribution in [3.63, 3.8) is 0 Å². The molecule has 22 heavy (non-hydrogen) atoms. The zero-order chi connectivity index (χ0) is 16.5. The van der Waals surface area contributed by atoms with Crippen LogP contribution in [0.1, 0.15) is 15.9 Å². The summed E-state index contributed by atoms with van der Waals surface area (Å²) in [7, 11) is -3.93. The van der Waals surface area contributed by atoms with Crippen LogP contribution < -0.4 is 4.72 Å². The van der Waals surface area contributed by atoms with Gasteiger partial charge in [0.25, 0.3) is 10.0 Å². The van der Waals surface area contributed by atoms with Crippen LogP contribution in [0.2, 0.25) is 5.02 Å². The molecule has 0 atom stereocenters. The summed E-state index contributed by atoms with van der Waals surface area (Å²) < 4.78 is 39.9. The summed E-state index contributed by atoms with van der Waals surface area (Å²) in [5.74, 6) is -1.72. The molecule has 8 heteroatoms. The lowest BCUT2D eigenvalue weighted by Crippen LogP contribution is -2.13. The number of aromatic carboxylic acids is 1. The van der Waals surface area contributed by atoms with Gasteiger partial charge in [-0.05, 0) is 48.9 Å². The van der Waals surface area contributed by atoms with Crippen LogP contribution in [0, 0.1) is 12.7 Å². The molecule has 0 amide bonds. The Morgan fingerprint density at radius 2 is 1.91 bits per heavy atom. The first-order valence-electron chi connectivity index (χ1n) is 6.02. The molecule has 0 heterocycles. The van der Waals surface area contributed by atoms with Crippen LogP contribution in [0.3, 0.4) is 0 Å². The first kappa shape index (κ1) is 16.3. The number of aryl methyl sites for hydroxylation is 1. The van der Waals surface area contributed by atoms with Gasteiger partial charge in [0.15, 0.2) is 0 Å². The normalized spacial score (nSPS) is 11.2. The monoisotopic (exact) mass is 343 g/mol. The number of hydrogen-bond donors (Lipinski definition) is 2. The molecule has 0 saturated carbocycles. The molecule has 0 aromatic heterocycles. The second kappa shape index (κ2) is 5.94. The number of nitrogens with one attached hydrogen (secondary N) is 1. The SMILES string of the molecule is Cc1cc(S(=O)(=O)Nc2ccc(C(=O)O)c(Cl)c2)ccc1F. The van der Waals surface area contributed by atoms with Crippen LogP contribution in [0.25, 0.3) is 0 Å². The van der Waals surface area contributed by atoms with Gasteiger partial charge >= 0.3 is 5.97 Å². The van der Waals surface area contributed by atoms with E-state index in [9.17, 15) is 17.6 Å². The summed E-state index contributed by atoms with van der Waals surface area (Å²) in [6.07, 6.45) is 0. The van der Waals surface area contributed by atoms with Gasteiger partial charge < -0.3 is 5.11 Å². The minimum atomic E-state index is -3.93. The fraction of sp³-hybridized carbons (Fsp3) is 0.0714. The predicted molar refractivity (Wildman–Crippen MR) is 80.4 cm³/mol. The smallest absolute Gasteiger partial charge is 0.337 e. The van der Waals surface area contributed by atoms with Crippen LogP contribution in [0.5, 0.6) is 0 Å². The van der Waals surface area contributed by atoms with E-state index in [4.69, 9.17) is 16.7 Å². The molecule has 116 valence electrons. The Kier molecular flexibility index (Phi) is 4.39. The number of anilines is 1. The van der Waals surface area contributed by atoms with Crippen LogP contribution in [-0.4, -0.2) is 19.5 Å². The summed E-state index contributed by atoms with van der Waals surface area (Å²) in [6, 6.07) is 7.06. The minimum Gasteiger partial charge on any atom is -0.478 e. The van der Waals surface area contributed by atoms with E-state index in [1.165, 1.54) is 31.2 Å². The molecule has 5 nitrogen and oxygen atoms in total. The number of hydrogen-bond acceptors (Lipinski definition) is 3. The van der Waals surface area contributed by atoms with Gasteiger partial charge in [-0.25, -0.2) is 17.6 Å². The molecule has 2 rings (SSSR count). The lowest BCUT2D eigenvalue weighted by molar-refractivity contribution is 0.0697. The highest BCUT2D eigenvalue weighted by Gasteiger charge is 2.17. The molecule has 0 unspecified atom stereocenters. The Morgan fingerprint density at radius 3 is 2.45 bits per heavy atom. The molecule has 0 radical (unpaired) electrons. The summed E-state index contributed by atoms with van der Waals surface area (Å²) in [6.45, 7) is 1.45. The highest BCUT2D eigenvalue weighted by atomic mass is 35.5. The minimum absolute atomic E-state index is 0.0945. The Balaban J connectivity index is 2.34. The molecule has 2 N–H and O–H groups in total. The van der Waals surface area contributed by atoms with Gasteiger partial charge in [-0.15, -0.1) is 0 Å². The summed E-state index contributed by atoms with van der Waals surface area (Å²) in [5.41, 5.74) is 0.168. The Labute approximate surface area is 131 Å². The Hall–Kier alpha value is -2.12. The van der Waals surface area contributed by atoms with E-state index < -0.39 is 21.8 Å². The van der Waals surface area contributed by atoms with Crippen LogP contribution >= 0.6 is 11.6 Å². The number of rotatable bonds is 4. The molecule has 0 aliphatic rings. The predicted octanol–water partition coefficient (Wildman–Crippen LogP) is 3.29. The van der Waals surface area contributed by atoms with Crippen molar-refractivity contribution < 1.29 is 22.7 Å². The van der Waals surface area contributed by atoms with Gasteiger partial charge in [-0.1, -0.05) is 11.6 Å². The zero-order valence-corrected chi connectivity index (χ0v) is 12.9. The number of halogens is 2. The quantitative estimate of drug-likeness (QED) is 0.892. The van der Waals surface area contributed by atoms with Crippen molar-refractivity contribution in [2.45, 2.75) is 11.8 Å². The molecule has 2 aromatic carbocycles. The van der Waals surface area contributed by atoms with Gasteiger partial charge in [0.05, 0.1) is 21.2 Å². The average molecular weight is 344 g/mol. The molecular weight excluding hydrogens is 333 g/mol. The van der Waals surface area contributed by atoms with Crippen LogP contribution in [0.15, 0.2) is 41.3 Å². The zero-order valence-electron chi connectivity index (χ0n) is 11.3. The van der Waals surface area contributed by atoms with E-state index in [2.05, 4.69) is 4.72 Å². The van der Waals surface area contributed by atoms with Gasteiger partial charge in [0, 0.05) is 0 Å². The maximum atomic E-state index is 13.2. The van der Waals surface area contributed by atoms with Crippen molar-refractivity contribution >= 4 is 33.3 Å². The van der Waals surface area contributed by atoms with Gasteiger partial charge in [-0.3, -0.25) is 4.72 Å². The summed E-state index contributed by atoms with van der Waals surface area (Å²) in [5, 5.41) is 8.77. The molecule has 2 aromatic rings. The maximum Gasteiger partial charge on any atom is 0.337 e. The number of carboxylic acid groups (broad SMARTS) is 1. The molecule has 0 fully saturated rings. The molecule has 0 bridgehead atoms. The topological polar surface area (TPSA) is 83.5 Å². The lowest BCUT2D eigenvalue weighted by Gasteiger charge is -2.10. The number of benzene rings is 2. The van der Waals surface area contributed by atoms with Gasteiger partial charge in [0.2, 0.25) is 0 Å². The number of sulfonamides is 1. The van der Waals surface area contributed by atoms with E-state index in [0.29, 0.717) is 0 Å². The number of carbonyl (C=O) groups is 1. The Morgan fingerprint density at radius 1 is 1.23 bits per heavy atom. The second-order valence-corrected chi connectivity index (χ2v) is 6.61. The third-order valence-corrected chi connectivity index (χ3v) is 4.58. The van der Waals surface area contributed by atoms with Crippen LogP contribution in [0.4, 0.5) is 10.1 Å². The molecule has 0 spiro atoms. The largest absolute Gasteiger partial charge is 0.478 e. The fourth-order valence-electron chi connectivity index (χ4n) is 1.75. The average Bonchev–Trinajstić information content (AvgIpc) is 2.40. The van der Waals surface area contributed by atoms with Crippen molar-refractivity contribution in [2.24, 2.45) is 0 Å². The van der Waals surface area contributed by atoms with Gasteiger partial charge in [0.1, 0.15) is 5.82 Å². The van der Waals surface area contributed by atoms with Crippen molar-refractivity contribution in [1.29, 1.82) is 0 Å². The van der Waals surface area contributed by atoms with E-state index >= 15 is 0 Å². The molecule has 0 aliphatic heterocycles. The van der Waals surface area contributed by atoms with Crippen molar-refractivity contribution in [1.82, 2.24) is 0 Å². The van der Waals surface area contributed by atoms with E-state index in [1.807, 2.05) is 0 Å². The third kappa shape index (κ3) is 3.37. The third-order valence-electron chi connectivity index (χ3n) is 2.89. The molecule has 0 saturated heterocycles. The highest BCUT2D eigenvalue weighted by Crippen LogP contribution is 2.24. The summed E-state index contributed by atoms with van der Waals surface area (Å²) >= 11 is 5.78. The lowest BCUT2D eigenvalue weighted by atomic mass is 10.2. The van der Waals surface area contributed by atoms with E-state index in [-0.39, 0.29) is 26.7 Å². The van der Waals surface area contributed by atoms with Crippen molar-refractivity contribution in [3.05, 3.63) is 58.4 Å². The number of carboxylic acids is 1. The van der Waals surface area contributed by atoms with Crippen molar-refractivity contribution in [2.75, 3.05) is 4.72 Å². The molecular formula is C14H11ClFNO4S. The second-order valence-electron chi connectivity index (χ2n) is 4.52.